The van der Waals surface area contributed by atoms with Crippen molar-refractivity contribution in [2.24, 2.45) is 0 Å². The Morgan fingerprint density at radius 2 is 2.10 bits per heavy atom. The van der Waals surface area contributed by atoms with E-state index in [1.165, 1.54) is 0 Å². The summed E-state index contributed by atoms with van der Waals surface area (Å²) in [6, 6.07) is 9.67. The summed E-state index contributed by atoms with van der Waals surface area (Å²) >= 11 is 0. The number of H-pyrrole nitrogens is 1. The topological polar surface area (TPSA) is 81.0 Å². The number of esters is 1. The molecule has 5 heteroatoms. The maximum atomic E-state index is 11.8. The molecule has 0 spiro atoms. The number of rotatable bonds is 6. The molecule has 2 aromatic rings. The lowest BCUT2D eigenvalue weighted by molar-refractivity contribution is -0.142. The minimum absolute atomic E-state index is 0.135. The fraction of sp³-hybridized carbons (Fsp3) is 0.333. The van der Waals surface area contributed by atoms with Gasteiger partial charge in [-0.2, -0.15) is 5.10 Å². The molecule has 3 N–H and O–H groups in total. The molecule has 0 atom stereocenters. The van der Waals surface area contributed by atoms with Crippen molar-refractivity contribution >= 4 is 11.8 Å². The quantitative estimate of drug-likeness (QED) is 0.626. The second-order valence-corrected chi connectivity index (χ2v) is 4.58. The number of ether oxygens (including phenoxy) is 1. The van der Waals surface area contributed by atoms with Gasteiger partial charge in [0.2, 0.25) is 0 Å². The van der Waals surface area contributed by atoms with Gasteiger partial charge in [-0.3, -0.25) is 9.89 Å². The smallest absolute Gasteiger partial charge is 0.310 e. The minimum atomic E-state index is -0.274. The highest BCUT2D eigenvalue weighted by Crippen LogP contribution is 2.25. The number of carbonyl (C=O) groups is 1. The van der Waals surface area contributed by atoms with Gasteiger partial charge in [-0.05, 0) is 12.0 Å². The molecule has 2 rings (SSSR count). The van der Waals surface area contributed by atoms with E-state index < -0.39 is 0 Å². The van der Waals surface area contributed by atoms with Crippen LogP contribution in [0.15, 0.2) is 30.3 Å². The Morgan fingerprint density at radius 1 is 1.35 bits per heavy atom. The van der Waals surface area contributed by atoms with Gasteiger partial charge in [0.25, 0.3) is 0 Å². The Bertz CT molecular complexity index is 564. The number of hydrogen-bond donors (Lipinski definition) is 2. The van der Waals surface area contributed by atoms with Gasteiger partial charge >= 0.3 is 5.97 Å². The first kappa shape index (κ1) is 14.1. The van der Waals surface area contributed by atoms with Crippen LogP contribution in [-0.4, -0.2) is 22.8 Å². The van der Waals surface area contributed by atoms with Crippen molar-refractivity contribution in [3.63, 3.8) is 0 Å². The Kier molecular flexibility index (Phi) is 4.76. The first-order valence-corrected chi connectivity index (χ1v) is 6.76. The van der Waals surface area contributed by atoms with Crippen LogP contribution in [0, 0.1) is 0 Å². The SMILES string of the molecule is CCCCOC(=O)Cc1c(N)n[nH]c1-c1ccccc1. The van der Waals surface area contributed by atoms with Crippen LogP contribution in [0.25, 0.3) is 11.3 Å². The minimum Gasteiger partial charge on any atom is -0.465 e. The fourth-order valence-electron chi connectivity index (χ4n) is 1.93. The lowest BCUT2D eigenvalue weighted by Crippen LogP contribution is -2.10. The summed E-state index contributed by atoms with van der Waals surface area (Å²) < 4.78 is 5.17. The predicted octanol–water partition coefficient (Wildman–Crippen LogP) is 2.54. The number of nitrogens with zero attached hydrogens (tertiary/aromatic N) is 1. The second-order valence-electron chi connectivity index (χ2n) is 4.58. The van der Waals surface area contributed by atoms with Crippen LogP contribution in [0.3, 0.4) is 0 Å². The molecule has 5 nitrogen and oxygen atoms in total. The summed E-state index contributed by atoms with van der Waals surface area (Å²) in [4.78, 5) is 11.8. The van der Waals surface area contributed by atoms with Crippen molar-refractivity contribution in [1.29, 1.82) is 0 Å². The highest BCUT2D eigenvalue weighted by atomic mass is 16.5. The molecule has 106 valence electrons. The number of nitrogen functional groups attached to an aromatic ring is 1. The standard InChI is InChI=1S/C15H19N3O2/c1-2-3-9-20-13(19)10-12-14(17-18-15(12)16)11-7-5-4-6-8-11/h4-8H,2-3,9-10H2,1H3,(H3,16,17,18). The van der Waals surface area contributed by atoms with Gasteiger partial charge in [0.05, 0.1) is 18.7 Å². The van der Waals surface area contributed by atoms with E-state index in [0.717, 1.165) is 24.1 Å². The summed E-state index contributed by atoms with van der Waals surface area (Å²) in [7, 11) is 0. The Hall–Kier alpha value is -2.30. The maximum Gasteiger partial charge on any atom is 0.310 e. The van der Waals surface area contributed by atoms with Gasteiger partial charge in [-0.25, -0.2) is 0 Å². The molecule has 0 aliphatic rings. The monoisotopic (exact) mass is 273 g/mol. The van der Waals surface area contributed by atoms with Gasteiger partial charge in [0, 0.05) is 5.56 Å². The lowest BCUT2D eigenvalue weighted by atomic mass is 10.1. The third kappa shape index (κ3) is 3.38. The van der Waals surface area contributed by atoms with E-state index in [1.807, 2.05) is 30.3 Å². The van der Waals surface area contributed by atoms with Crippen LogP contribution in [0.5, 0.6) is 0 Å². The van der Waals surface area contributed by atoms with E-state index >= 15 is 0 Å². The molecule has 0 amide bonds. The third-order valence-corrected chi connectivity index (χ3v) is 3.04. The summed E-state index contributed by atoms with van der Waals surface area (Å²) in [6.07, 6.45) is 2.00. The average molecular weight is 273 g/mol. The molecule has 0 fully saturated rings. The van der Waals surface area contributed by atoms with Crippen LogP contribution >= 0.6 is 0 Å². The van der Waals surface area contributed by atoms with Gasteiger partial charge in [-0.15, -0.1) is 0 Å². The van der Waals surface area contributed by atoms with Gasteiger partial charge in [0.1, 0.15) is 5.82 Å². The fourth-order valence-corrected chi connectivity index (χ4v) is 1.93. The summed E-state index contributed by atoms with van der Waals surface area (Å²) in [5.41, 5.74) is 8.25. The number of aromatic nitrogens is 2. The van der Waals surface area contributed by atoms with Crippen LogP contribution in [0.4, 0.5) is 5.82 Å². The molecule has 1 aromatic heterocycles. The zero-order valence-electron chi connectivity index (χ0n) is 11.6. The number of nitrogens with two attached hydrogens (primary N) is 1. The lowest BCUT2D eigenvalue weighted by Gasteiger charge is -2.05. The van der Waals surface area contributed by atoms with Crippen molar-refractivity contribution in [3.05, 3.63) is 35.9 Å². The van der Waals surface area contributed by atoms with Crippen molar-refractivity contribution in [1.82, 2.24) is 10.2 Å². The van der Waals surface area contributed by atoms with E-state index in [2.05, 4.69) is 17.1 Å². The number of anilines is 1. The molecular weight excluding hydrogens is 254 g/mol. The van der Waals surface area contributed by atoms with Crippen LogP contribution < -0.4 is 5.73 Å². The van der Waals surface area contributed by atoms with E-state index in [0.29, 0.717) is 18.0 Å². The molecule has 0 saturated heterocycles. The highest BCUT2D eigenvalue weighted by Gasteiger charge is 2.16. The number of unbranched alkanes of at least 4 members (excludes halogenated alkanes) is 1. The largest absolute Gasteiger partial charge is 0.465 e. The average Bonchev–Trinajstić information content (AvgIpc) is 2.82. The number of carbonyl (C=O) groups excluding carboxylic acids is 1. The molecule has 0 saturated carbocycles. The number of hydrogen-bond acceptors (Lipinski definition) is 4. The van der Waals surface area contributed by atoms with Gasteiger partial charge < -0.3 is 10.5 Å². The third-order valence-electron chi connectivity index (χ3n) is 3.04. The molecular formula is C15H19N3O2. The molecule has 0 aliphatic heterocycles. The Morgan fingerprint density at radius 3 is 2.80 bits per heavy atom. The molecule has 0 unspecified atom stereocenters. The zero-order valence-corrected chi connectivity index (χ0v) is 11.6. The first-order valence-electron chi connectivity index (χ1n) is 6.76. The van der Waals surface area contributed by atoms with Crippen molar-refractivity contribution in [2.45, 2.75) is 26.2 Å². The molecule has 20 heavy (non-hydrogen) atoms. The highest BCUT2D eigenvalue weighted by molar-refractivity contribution is 5.79. The predicted molar refractivity (Wildman–Crippen MR) is 78.0 cm³/mol. The normalized spacial score (nSPS) is 10.4. The van der Waals surface area contributed by atoms with Crippen molar-refractivity contribution < 1.29 is 9.53 Å². The molecule has 0 aliphatic carbocycles. The van der Waals surface area contributed by atoms with Crippen molar-refractivity contribution in [2.75, 3.05) is 12.3 Å². The van der Waals surface area contributed by atoms with Crippen LogP contribution in [-0.2, 0) is 16.0 Å². The summed E-state index contributed by atoms with van der Waals surface area (Å²) in [6.45, 7) is 2.50. The Balaban J connectivity index is 2.12. The maximum absolute atomic E-state index is 11.8. The molecule has 0 radical (unpaired) electrons. The van der Waals surface area contributed by atoms with E-state index in [9.17, 15) is 4.79 Å². The van der Waals surface area contributed by atoms with Crippen LogP contribution in [0.1, 0.15) is 25.3 Å². The zero-order chi connectivity index (χ0) is 14.4. The molecule has 1 aromatic carbocycles. The van der Waals surface area contributed by atoms with Crippen molar-refractivity contribution in [3.8, 4) is 11.3 Å². The molecule has 1 heterocycles. The van der Waals surface area contributed by atoms with E-state index in [4.69, 9.17) is 10.5 Å². The number of aromatic amines is 1. The van der Waals surface area contributed by atoms with E-state index in [-0.39, 0.29) is 12.4 Å². The summed E-state index contributed by atoms with van der Waals surface area (Å²) in [5.74, 6) is 0.0695. The van der Waals surface area contributed by atoms with Gasteiger partial charge in [-0.1, -0.05) is 43.7 Å². The number of nitrogens with one attached hydrogen (secondary N) is 1. The van der Waals surface area contributed by atoms with Crippen LogP contribution in [0.2, 0.25) is 0 Å². The second kappa shape index (κ2) is 6.75. The van der Waals surface area contributed by atoms with Gasteiger partial charge in [0.15, 0.2) is 0 Å². The summed E-state index contributed by atoms with van der Waals surface area (Å²) in [5, 5.41) is 6.87. The Labute approximate surface area is 118 Å². The molecule has 0 bridgehead atoms. The van der Waals surface area contributed by atoms with E-state index in [1.54, 1.807) is 0 Å². The number of benzene rings is 1. The first-order chi connectivity index (χ1) is 9.72.